The largest absolute Gasteiger partial charge is 0.496 e. The fourth-order valence-corrected chi connectivity index (χ4v) is 2.01. The molecule has 0 aliphatic rings. The van der Waals surface area contributed by atoms with E-state index in [0.29, 0.717) is 17.7 Å². The second-order valence-corrected chi connectivity index (χ2v) is 4.10. The van der Waals surface area contributed by atoms with Crippen molar-refractivity contribution in [2.45, 2.75) is 12.5 Å². The van der Waals surface area contributed by atoms with Crippen molar-refractivity contribution in [3.8, 4) is 5.75 Å². The summed E-state index contributed by atoms with van der Waals surface area (Å²) in [6.45, 7) is 0. The molecule has 1 heterocycles. The number of halogens is 1. The second kappa shape index (κ2) is 6.26. The Labute approximate surface area is 111 Å². The van der Waals surface area contributed by atoms with Crippen LogP contribution < -0.4 is 16.0 Å². The van der Waals surface area contributed by atoms with Crippen LogP contribution in [0.3, 0.4) is 0 Å². The van der Waals surface area contributed by atoms with Crippen molar-refractivity contribution in [3.05, 3.63) is 59.7 Å². The first-order valence-corrected chi connectivity index (χ1v) is 5.94. The number of nitrogens with one attached hydrogen (secondary N) is 1. The number of nitrogens with zero attached hydrogens (tertiary/aromatic N) is 1. The van der Waals surface area contributed by atoms with Gasteiger partial charge in [0.1, 0.15) is 11.6 Å². The van der Waals surface area contributed by atoms with E-state index in [2.05, 4.69) is 10.4 Å². The van der Waals surface area contributed by atoms with Crippen LogP contribution in [-0.4, -0.2) is 12.1 Å². The monoisotopic (exact) mass is 261 g/mol. The number of ether oxygens (including phenoxy) is 1. The Morgan fingerprint density at radius 2 is 2.16 bits per heavy atom. The Balaban J connectivity index is 2.32. The molecule has 0 radical (unpaired) electrons. The fourth-order valence-electron chi connectivity index (χ4n) is 2.01. The third-order valence-electron chi connectivity index (χ3n) is 2.92. The highest BCUT2D eigenvalue weighted by Gasteiger charge is 2.20. The van der Waals surface area contributed by atoms with Gasteiger partial charge in [0.15, 0.2) is 0 Å². The molecule has 100 valence electrons. The molecular formula is C14H16FN3O. The van der Waals surface area contributed by atoms with E-state index in [0.717, 1.165) is 5.69 Å². The van der Waals surface area contributed by atoms with Crippen LogP contribution in [0.15, 0.2) is 42.6 Å². The lowest BCUT2D eigenvalue weighted by Gasteiger charge is -2.19. The summed E-state index contributed by atoms with van der Waals surface area (Å²) in [6.07, 6.45) is 2.18. The number of nitrogens with two attached hydrogens (primary N) is 1. The van der Waals surface area contributed by atoms with Gasteiger partial charge >= 0.3 is 0 Å². The van der Waals surface area contributed by atoms with Gasteiger partial charge < -0.3 is 4.74 Å². The molecule has 0 saturated carbocycles. The molecule has 0 spiro atoms. The van der Waals surface area contributed by atoms with Gasteiger partial charge in [0, 0.05) is 23.9 Å². The molecule has 1 aromatic heterocycles. The van der Waals surface area contributed by atoms with E-state index >= 15 is 0 Å². The van der Waals surface area contributed by atoms with E-state index in [1.54, 1.807) is 18.3 Å². The summed E-state index contributed by atoms with van der Waals surface area (Å²) in [6, 6.07) is 9.89. The highest BCUT2D eigenvalue weighted by atomic mass is 19.1. The summed E-state index contributed by atoms with van der Waals surface area (Å²) in [7, 11) is 1.51. The van der Waals surface area contributed by atoms with Crippen LogP contribution in [0.4, 0.5) is 4.39 Å². The maximum atomic E-state index is 14.0. The maximum Gasteiger partial charge on any atom is 0.131 e. The number of pyridine rings is 1. The summed E-state index contributed by atoms with van der Waals surface area (Å²) >= 11 is 0. The summed E-state index contributed by atoms with van der Waals surface area (Å²) in [4.78, 5) is 4.22. The van der Waals surface area contributed by atoms with Crippen molar-refractivity contribution in [1.82, 2.24) is 10.4 Å². The SMILES string of the molecule is COc1cccc(F)c1C(Cc1ccccn1)NN. The molecule has 1 unspecified atom stereocenters. The highest BCUT2D eigenvalue weighted by molar-refractivity contribution is 5.37. The number of hydrogen-bond donors (Lipinski definition) is 2. The minimum absolute atomic E-state index is 0.349. The van der Waals surface area contributed by atoms with Crippen LogP contribution in [0.1, 0.15) is 17.3 Å². The number of hydrazine groups is 1. The van der Waals surface area contributed by atoms with Crippen molar-refractivity contribution < 1.29 is 9.13 Å². The summed E-state index contributed by atoms with van der Waals surface area (Å²) in [5, 5.41) is 0. The smallest absolute Gasteiger partial charge is 0.131 e. The molecule has 19 heavy (non-hydrogen) atoms. The second-order valence-electron chi connectivity index (χ2n) is 4.10. The molecule has 3 N–H and O–H groups in total. The highest BCUT2D eigenvalue weighted by Crippen LogP contribution is 2.29. The van der Waals surface area contributed by atoms with Gasteiger partial charge in [-0.15, -0.1) is 0 Å². The third kappa shape index (κ3) is 3.07. The van der Waals surface area contributed by atoms with Gasteiger partial charge in [-0.25, -0.2) is 4.39 Å². The van der Waals surface area contributed by atoms with Crippen LogP contribution in [0, 0.1) is 5.82 Å². The van der Waals surface area contributed by atoms with Gasteiger partial charge in [0.05, 0.1) is 13.2 Å². The first-order chi connectivity index (χ1) is 9.26. The standard InChI is InChI=1S/C14H16FN3O/c1-19-13-7-4-6-11(15)14(13)12(18-16)9-10-5-2-3-8-17-10/h2-8,12,18H,9,16H2,1H3. The van der Waals surface area contributed by atoms with Crippen molar-refractivity contribution >= 4 is 0 Å². The van der Waals surface area contributed by atoms with Crippen molar-refractivity contribution in [2.75, 3.05) is 7.11 Å². The molecule has 0 fully saturated rings. The molecular weight excluding hydrogens is 245 g/mol. The van der Waals surface area contributed by atoms with Crippen LogP contribution in [0.5, 0.6) is 5.75 Å². The van der Waals surface area contributed by atoms with E-state index in [9.17, 15) is 4.39 Å². The predicted molar refractivity (Wildman–Crippen MR) is 71.0 cm³/mol. The van der Waals surface area contributed by atoms with E-state index in [1.807, 2.05) is 18.2 Å². The van der Waals surface area contributed by atoms with Gasteiger partial charge in [0.2, 0.25) is 0 Å². The van der Waals surface area contributed by atoms with Gasteiger partial charge in [-0.2, -0.15) is 0 Å². The number of benzene rings is 1. The van der Waals surface area contributed by atoms with Crippen LogP contribution in [0.25, 0.3) is 0 Å². The molecule has 0 amide bonds. The molecule has 1 atom stereocenters. The molecule has 1 aromatic carbocycles. The maximum absolute atomic E-state index is 14.0. The predicted octanol–water partition coefficient (Wildman–Crippen LogP) is 1.98. The Morgan fingerprint density at radius 1 is 1.32 bits per heavy atom. The van der Waals surface area contributed by atoms with E-state index in [1.165, 1.54) is 13.2 Å². The Kier molecular flexibility index (Phi) is 4.43. The fraction of sp³-hybridized carbons (Fsp3) is 0.214. The third-order valence-corrected chi connectivity index (χ3v) is 2.92. The molecule has 0 bridgehead atoms. The first-order valence-electron chi connectivity index (χ1n) is 5.94. The lowest BCUT2D eigenvalue weighted by atomic mass is 10.0. The Hall–Kier alpha value is -1.98. The van der Waals surface area contributed by atoms with Gasteiger partial charge in [-0.05, 0) is 24.3 Å². The number of hydrogen-bond acceptors (Lipinski definition) is 4. The van der Waals surface area contributed by atoms with Gasteiger partial charge in [-0.3, -0.25) is 16.3 Å². The summed E-state index contributed by atoms with van der Waals surface area (Å²) < 4.78 is 19.2. The quantitative estimate of drug-likeness (QED) is 0.638. The minimum atomic E-state index is -0.397. The van der Waals surface area contributed by atoms with Crippen LogP contribution >= 0.6 is 0 Å². The molecule has 2 rings (SSSR count). The van der Waals surface area contributed by atoms with Crippen molar-refractivity contribution in [2.24, 2.45) is 5.84 Å². The summed E-state index contributed by atoms with van der Waals surface area (Å²) in [5.74, 6) is 5.67. The van der Waals surface area contributed by atoms with E-state index in [-0.39, 0.29) is 5.82 Å². The van der Waals surface area contributed by atoms with Crippen molar-refractivity contribution in [3.63, 3.8) is 0 Å². The van der Waals surface area contributed by atoms with E-state index in [4.69, 9.17) is 10.6 Å². The van der Waals surface area contributed by atoms with Crippen LogP contribution in [0.2, 0.25) is 0 Å². The molecule has 4 nitrogen and oxygen atoms in total. The first kappa shape index (κ1) is 13.5. The molecule has 0 saturated heterocycles. The lowest BCUT2D eigenvalue weighted by Crippen LogP contribution is -2.30. The Morgan fingerprint density at radius 3 is 2.79 bits per heavy atom. The number of aromatic nitrogens is 1. The molecule has 2 aromatic rings. The zero-order chi connectivity index (χ0) is 13.7. The minimum Gasteiger partial charge on any atom is -0.496 e. The zero-order valence-electron chi connectivity index (χ0n) is 10.6. The molecule has 5 heteroatoms. The van der Waals surface area contributed by atoms with Crippen LogP contribution in [-0.2, 0) is 6.42 Å². The molecule has 0 aliphatic carbocycles. The average molecular weight is 261 g/mol. The Bertz CT molecular complexity index is 533. The van der Waals surface area contributed by atoms with E-state index < -0.39 is 6.04 Å². The van der Waals surface area contributed by atoms with Gasteiger partial charge in [-0.1, -0.05) is 12.1 Å². The number of rotatable bonds is 5. The average Bonchev–Trinajstić information content (AvgIpc) is 2.46. The number of methoxy groups -OCH3 is 1. The topological polar surface area (TPSA) is 60.2 Å². The zero-order valence-corrected chi connectivity index (χ0v) is 10.6. The molecule has 0 aliphatic heterocycles. The van der Waals surface area contributed by atoms with Gasteiger partial charge in [0.25, 0.3) is 0 Å². The summed E-state index contributed by atoms with van der Waals surface area (Å²) in [5.41, 5.74) is 3.87. The normalized spacial score (nSPS) is 12.2. The lowest BCUT2D eigenvalue weighted by molar-refractivity contribution is 0.390. The van der Waals surface area contributed by atoms with Crippen molar-refractivity contribution in [1.29, 1.82) is 0 Å².